The molecule has 0 aliphatic rings. The Morgan fingerprint density at radius 1 is 1.92 bits per heavy atom. The second-order valence-electron chi connectivity index (χ2n) is 2.35. The molecular formula is C6H9N3O2S. The van der Waals surface area contributed by atoms with Gasteiger partial charge in [0.25, 0.3) is 0 Å². The Balaban J connectivity index is 2.64. The van der Waals surface area contributed by atoms with E-state index in [1.807, 2.05) is 0 Å². The summed E-state index contributed by atoms with van der Waals surface area (Å²) in [6.07, 6.45) is 1.64. The van der Waals surface area contributed by atoms with Gasteiger partial charge in [-0.3, -0.25) is 4.79 Å². The molecule has 0 amide bonds. The lowest BCUT2D eigenvalue weighted by molar-refractivity contribution is -0.138. The summed E-state index contributed by atoms with van der Waals surface area (Å²) in [4.78, 5) is 16.9. The molecule has 0 aliphatic heterocycles. The third kappa shape index (κ3) is 1.99. The third-order valence-electron chi connectivity index (χ3n) is 1.43. The summed E-state index contributed by atoms with van der Waals surface area (Å²) in [5.41, 5.74) is 5.87. The number of nitrogens with zero attached hydrogens (tertiary/aromatic N) is 1. The van der Waals surface area contributed by atoms with E-state index in [1.165, 1.54) is 6.33 Å². The van der Waals surface area contributed by atoms with Gasteiger partial charge in [0.05, 0.1) is 17.0 Å². The number of thiol groups is 1. The van der Waals surface area contributed by atoms with Crippen LogP contribution in [0.4, 0.5) is 0 Å². The first-order chi connectivity index (χ1) is 5.61. The van der Waals surface area contributed by atoms with E-state index in [4.69, 9.17) is 10.8 Å². The van der Waals surface area contributed by atoms with Gasteiger partial charge in [0.1, 0.15) is 6.04 Å². The van der Waals surface area contributed by atoms with Crippen LogP contribution in [-0.4, -0.2) is 27.1 Å². The van der Waals surface area contributed by atoms with Crippen molar-refractivity contribution in [2.45, 2.75) is 17.5 Å². The van der Waals surface area contributed by atoms with Crippen LogP contribution in [0.25, 0.3) is 0 Å². The summed E-state index contributed by atoms with van der Waals surface area (Å²) in [6.45, 7) is 0. The standard InChI is InChI=1S/C6H9N3O2S/c7-3(6(10)11)1-4-5(12)9-2-8-4/h2-3,12H,1,7H2,(H,8,9)(H,10,11)/t3-/m0/s1. The van der Waals surface area contributed by atoms with Crippen molar-refractivity contribution >= 4 is 18.6 Å². The fourth-order valence-corrected chi connectivity index (χ4v) is 0.968. The molecule has 0 saturated heterocycles. The molecule has 0 aromatic carbocycles. The summed E-state index contributed by atoms with van der Waals surface area (Å²) in [6, 6.07) is -0.917. The predicted octanol–water partition coefficient (Wildman–Crippen LogP) is -0.347. The van der Waals surface area contributed by atoms with Crippen LogP contribution in [0.3, 0.4) is 0 Å². The lowest BCUT2D eigenvalue weighted by atomic mass is 10.2. The molecule has 4 N–H and O–H groups in total. The molecule has 6 heteroatoms. The maximum absolute atomic E-state index is 10.3. The summed E-state index contributed by atoms with van der Waals surface area (Å²) >= 11 is 4.03. The molecule has 12 heavy (non-hydrogen) atoms. The monoisotopic (exact) mass is 187 g/mol. The van der Waals surface area contributed by atoms with Gasteiger partial charge in [-0.2, -0.15) is 0 Å². The minimum Gasteiger partial charge on any atom is -0.480 e. The largest absolute Gasteiger partial charge is 0.480 e. The molecule has 1 aromatic rings. The maximum atomic E-state index is 10.3. The summed E-state index contributed by atoms with van der Waals surface area (Å²) in [5, 5.41) is 9.05. The number of hydrogen-bond donors (Lipinski definition) is 4. The van der Waals surface area contributed by atoms with E-state index in [1.54, 1.807) is 0 Å². The maximum Gasteiger partial charge on any atom is 0.320 e. The molecule has 0 radical (unpaired) electrons. The number of imidazole rings is 1. The Bertz CT molecular complexity index is 286. The van der Waals surface area contributed by atoms with Gasteiger partial charge in [-0.25, -0.2) is 4.98 Å². The van der Waals surface area contributed by atoms with Gasteiger partial charge in [-0.05, 0) is 0 Å². The number of aromatic amines is 1. The fraction of sp³-hybridized carbons (Fsp3) is 0.333. The molecule has 1 rings (SSSR count). The molecular weight excluding hydrogens is 178 g/mol. The van der Waals surface area contributed by atoms with Gasteiger partial charge >= 0.3 is 5.97 Å². The van der Waals surface area contributed by atoms with Crippen LogP contribution in [0.5, 0.6) is 0 Å². The van der Waals surface area contributed by atoms with Crippen molar-refractivity contribution in [3.8, 4) is 0 Å². The topological polar surface area (TPSA) is 92.0 Å². The van der Waals surface area contributed by atoms with Gasteiger partial charge in [0.2, 0.25) is 0 Å². The number of aliphatic carboxylic acids is 1. The average Bonchev–Trinajstić information content (AvgIpc) is 2.36. The number of H-pyrrole nitrogens is 1. The molecule has 0 fully saturated rings. The zero-order valence-corrected chi connectivity index (χ0v) is 7.08. The van der Waals surface area contributed by atoms with Gasteiger partial charge in [-0.1, -0.05) is 0 Å². The number of hydrogen-bond acceptors (Lipinski definition) is 4. The molecule has 0 bridgehead atoms. The van der Waals surface area contributed by atoms with Crippen LogP contribution in [0.2, 0.25) is 0 Å². The molecule has 1 aromatic heterocycles. The number of aromatic nitrogens is 2. The van der Waals surface area contributed by atoms with Crippen LogP contribution >= 0.6 is 12.6 Å². The Kier molecular flexibility index (Phi) is 2.72. The van der Waals surface area contributed by atoms with E-state index in [9.17, 15) is 4.79 Å². The molecule has 66 valence electrons. The van der Waals surface area contributed by atoms with Crippen molar-refractivity contribution in [2.75, 3.05) is 0 Å². The second-order valence-corrected chi connectivity index (χ2v) is 2.79. The van der Waals surface area contributed by atoms with Crippen molar-refractivity contribution in [2.24, 2.45) is 5.73 Å². The Labute approximate surface area is 74.4 Å². The smallest absolute Gasteiger partial charge is 0.320 e. The number of nitrogens with one attached hydrogen (secondary N) is 1. The number of carbonyl (C=O) groups is 1. The van der Waals surface area contributed by atoms with E-state index in [0.717, 1.165) is 0 Å². The minimum atomic E-state index is -1.04. The highest BCUT2D eigenvalue weighted by Gasteiger charge is 2.14. The van der Waals surface area contributed by atoms with Gasteiger partial charge in [-0.15, -0.1) is 12.6 Å². The van der Waals surface area contributed by atoms with Gasteiger partial charge in [0.15, 0.2) is 0 Å². The zero-order chi connectivity index (χ0) is 9.14. The van der Waals surface area contributed by atoms with Crippen molar-refractivity contribution in [1.29, 1.82) is 0 Å². The van der Waals surface area contributed by atoms with Crippen LogP contribution in [-0.2, 0) is 11.2 Å². The quantitative estimate of drug-likeness (QED) is 0.487. The first-order valence-corrected chi connectivity index (χ1v) is 3.75. The Hall–Kier alpha value is -1.01. The Morgan fingerprint density at radius 2 is 2.58 bits per heavy atom. The Morgan fingerprint density at radius 3 is 3.00 bits per heavy atom. The molecule has 0 aliphatic carbocycles. The van der Waals surface area contributed by atoms with Gasteiger partial charge < -0.3 is 15.8 Å². The lowest BCUT2D eigenvalue weighted by Gasteiger charge is -2.03. The summed E-state index contributed by atoms with van der Waals surface area (Å²) in [5.74, 6) is -1.04. The first kappa shape index (κ1) is 9.08. The van der Waals surface area contributed by atoms with E-state index < -0.39 is 12.0 Å². The SMILES string of the molecule is N[C@@H](Cc1nc[nH]c1S)C(=O)O. The van der Waals surface area contributed by atoms with Crippen molar-refractivity contribution in [3.63, 3.8) is 0 Å². The van der Waals surface area contributed by atoms with Crippen LogP contribution in [0.15, 0.2) is 11.4 Å². The number of carboxylic acids is 1. The molecule has 0 unspecified atom stereocenters. The second kappa shape index (κ2) is 3.59. The molecule has 0 spiro atoms. The summed E-state index contributed by atoms with van der Waals surface area (Å²) < 4.78 is 0. The van der Waals surface area contributed by atoms with Crippen LogP contribution < -0.4 is 5.73 Å². The van der Waals surface area contributed by atoms with Crippen molar-refractivity contribution in [3.05, 3.63) is 12.0 Å². The number of rotatable bonds is 3. The highest BCUT2D eigenvalue weighted by molar-refractivity contribution is 7.80. The normalized spacial score (nSPS) is 12.8. The van der Waals surface area contributed by atoms with Crippen molar-refractivity contribution < 1.29 is 9.90 Å². The molecule has 1 heterocycles. The van der Waals surface area contributed by atoms with Crippen LogP contribution in [0.1, 0.15) is 5.69 Å². The van der Waals surface area contributed by atoms with Gasteiger partial charge in [0, 0.05) is 6.42 Å². The highest BCUT2D eigenvalue weighted by atomic mass is 32.1. The summed E-state index contributed by atoms with van der Waals surface area (Å²) in [7, 11) is 0. The predicted molar refractivity (Wildman–Crippen MR) is 45.2 cm³/mol. The van der Waals surface area contributed by atoms with E-state index in [2.05, 4.69) is 22.6 Å². The fourth-order valence-electron chi connectivity index (χ4n) is 0.761. The van der Waals surface area contributed by atoms with Crippen LogP contribution in [0, 0.1) is 0 Å². The number of nitrogens with two attached hydrogens (primary N) is 1. The molecule has 0 saturated carbocycles. The lowest BCUT2D eigenvalue weighted by Crippen LogP contribution is -2.32. The average molecular weight is 187 g/mol. The minimum absolute atomic E-state index is 0.192. The first-order valence-electron chi connectivity index (χ1n) is 3.31. The van der Waals surface area contributed by atoms with E-state index >= 15 is 0 Å². The molecule has 5 nitrogen and oxygen atoms in total. The molecule has 1 atom stereocenters. The third-order valence-corrected chi connectivity index (χ3v) is 1.81. The zero-order valence-electron chi connectivity index (χ0n) is 6.19. The van der Waals surface area contributed by atoms with Crippen molar-refractivity contribution in [1.82, 2.24) is 9.97 Å². The van der Waals surface area contributed by atoms with E-state index in [0.29, 0.717) is 10.7 Å². The van der Waals surface area contributed by atoms with E-state index in [-0.39, 0.29) is 6.42 Å². The highest BCUT2D eigenvalue weighted by Crippen LogP contribution is 2.08. The number of carboxylic acid groups (broad SMARTS) is 1.